The lowest BCUT2D eigenvalue weighted by Crippen LogP contribution is -2.30. The fourth-order valence-corrected chi connectivity index (χ4v) is 1.82. The number of anilines is 1. The topological polar surface area (TPSA) is 38.3 Å². The van der Waals surface area contributed by atoms with E-state index in [4.69, 9.17) is 16.3 Å². The molecular formula is C15H12ClF2NO2. The van der Waals surface area contributed by atoms with Gasteiger partial charge in [-0.2, -0.15) is 0 Å². The van der Waals surface area contributed by atoms with Crippen LogP contribution in [0.4, 0.5) is 14.5 Å². The van der Waals surface area contributed by atoms with Crippen LogP contribution >= 0.6 is 11.6 Å². The third-order valence-corrected chi connectivity index (χ3v) is 2.92. The summed E-state index contributed by atoms with van der Waals surface area (Å²) < 4.78 is 32.2. The van der Waals surface area contributed by atoms with Gasteiger partial charge in [-0.1, -0.05) is 23.7 Å². The molecule has 1 atom stereocenters. The van der Waals surface area contributed by atoms with Crippen molar-refractivity contribution in [3.8, 4) is 5.75 Å². The monoisotopic (exact) mass is 311 g/mol. The first kappa shape index (κ1) is 15.3. The van der Waals surface area contributed by atoms with Gasteiger partial charge in [-0.25, -0.2) is 8.78 Å². The summed E-state index contributed by atoms with van der Waals surface area (Å²) in [5.74, 6) is -1.98. The largest absolute Gasteiger partial charge is 0.481 e. The minimum absolute atomic E-state index is 0.388. The molecule has 0 radical (unpaired) electrons. The average molecular weight is 312 g/mol. The molecule has 1 amide bonds. The Kier molecular flexibility index (Phi) is 4.75. The first-order valence-corrected chi connectivity index (χ1v) is 6.52. The van der Waals surface area contributed by atoms with E-state index < -0.39 is 29.3 Å². The van der Waals surface area contributed by atoms with E-state index in [1.165, 1.54) is 19.1 Å². The molecule has 2 aromatic rings. The molecular weight excluding hydrogens is 300 g/mol. The molecule has 0 unspecified atom stereocenters. The molecule has 0 heterocycles. The molecule has 0 fully saturated rings. The molecule has 0 aliphatic carbocycles. The van der Waals surface area contributed by atoms with Crippen LogP contribution in [0.15, 0.2) is 42.5 Å². The Morgan fingerprint density at radius 3 is 2.43 bits per heavy atom. The third-order valence-electron chi connectivity index (χ3n) is 2.69. The number of carbonyl (C=O) groups excluding carboxylic acids is 1. The average Bonchev–Trinajstić information content (AvgIpc) is 2.43. The van der Waals surface area contributed by atoms with Crippen molar-refractivity contribution in [3.05, 3.63) is 59.1 Å². The second-order valence-electron chi connectivity index (χ2n) is 4.30. The van der Waals surface area contributed by atoms with Gasteiger partial charge in [-0.15, -0.1) is 0 Å². The van der Waals surface area contributed by atoms with Gasteiger partial charge in [0.15, 0.2) is 6.10 Å². The maximum absolute atomic E-state index is 13.4. The zero-order valence-electron chi connectivity index (χ0n) is 11.1. The van der Waals surface area contributed by atoms with Crippen LogP contribution in [0.2, 0.25) is 5.02 Å². The molecule has 2 rings (SSSR count). The first-order chi connectivity index (χ1) is 9.97. The second-order valence-corrected chi connectivity index (χ2v) is 4.74. The van der Waals surface area contributed by atoms with Crippen molar-refractivity contribution in [1.82, 2.24) is 0 Å². The first-order valence-electron chi connectivity index (χ1n) is 6.14. The van der Waals surface area contributed by atoms with Gasteiger partial charge in [0.1, 0.15) is 23.1 Å². The van der Waals surface area contributed by atoms with E-state index in [-0.39, 0.29) is 0 Å². The molecule has 0 saturated heterocycles. The molecule has 0 aromatic heterocycles. The minimum Gasteiger partial charge on any atom is -0.481 e. The quantitative estimate of drug-likeness (QED) is 0.926. The summed E-state index contributed by atoms with van der Waals surface area (Å²) in [5.41, 5.74) is -0.496. The molecule has 0 aliphatic heterocycles. The van der Waals surface area contributed by atoms with E-state index in [1.54, 1.807) is 18.2 Å². The highest BCUT2D eigenvalue weighted by Crippen LogP contribution is 2.20. The fourth-order valence-electron chi connectivity index (χ4n) is 1.64. The highest BCUT2D eigenvalue weighted by Gasteiger charge is 2.18. The van der Waals surface area contributed by atoms with Crippen molar-refractivity contribution >= 4 is 23.2 Å². The van der Waals surface area contributed by atoms with E-state index in [0.717, 1.165) is 12.1 Å². The van der Waals surface area contributed by atoms with Crippen molar-refractivity contribution in [3.63, 3.8) is 0 Å². The Morgan fingerprint density at radius 2 is 1.81 bits per heavy atom. The molecule has 0 bridgehead atoms. The van der Waals surface area contributed by atoms with Crippen molar-refractivity contribution in [1.29, 1.82) is 0 Å². The van der Waals surface area contributed by atoms with Crippen LogP contribution in [0.25, 0.3) is 0 Å². The lowest BCUT2D eigenvalue weighted by atomic mass is 10.2. The number of nitrogens with one attached hydrogen (secondary N) is 1. The zero-order chi connectivity index (χ0) is 15.4. The third kappa shape index (κ3) is 3.92. The number of para-hydroxylation sites is 1. The molecule has 0 spiro atoms. The number of hydrogen-bond acceptors (Lipinski definition) is 2. The number of ether oxygens (including phenoxy) is 1. The highest BCUT2D eigenvalue weighted by molar-refractivity contribution is 6.30. The maximum Gasteiger partial charge on any atom is 0.265 e. The molecule has 0 saturated carbocycles. The Morgan fingerprint density at radius 1 is 1.19 bits per heavy atom. The van der Waals surface area contributed by atoms with Gasteiger partial charge < -0.3 is 10.1 Å². The van der Waals surface area contributed by atoms with Crippen molar-refractivity contribution in [2.75, 3.05) is 5.32 Å². The van der Waals surface area contributed by atoms with E-state index in [1.807, 2.05) is 0 Å². The molecule has 6 heteroatoms. The Bertz CT molecular complexity index is 644. The van der Waals surface area contributed by atoms with Crippen molar-refractivity contribution in [2.45, 2.75) is 13.0 Å². The Labute approximate surface area is 125 Å². The molecule has 110 valence electrons. The standard InChI is InChI=1S/C15H12ClF2NO2/c1-9(21-11-5-2-4-10(16)8-11)15(20)19-14-12(17)6-3-7-13(14)18/h2-9H,1H3,(H,19,20)/t9-/m1/s1. The lowest BCUT2D eigenvalue weighted by Gasteiger charge is -2.15. The molecule has 3 nitrogen and oxygen atoms in total. The number of carbonyl (C=O) groups is 1. The summed E-state index contributed by atoms with van der Waals surface area (Å²) in [7, 11) is 0. The smallest absolute Gasteiger partial charge is 0.265 e. The van der Waals surface area contributed by atoms with Crippen LogP contribution in [0.3, 0.4) is 0 Å². The highest BCUT2D eigenvalue weighted by atomic mass is 35.5. The molecule has 21 heavy (non-hydrogen) atoms. The van der Waals surface area contributed by atoms with E-state index in [2.05, 4.69) is 5.32 Å². The number of hydrogen-bond donors (Lipinski definition) is 1. The van der Waals surface area contributed by atoms with Gasteiger partial charge >= 0.3 is 0 Å². The van der Waals surface area contributed by atoms with Crippen LogP contribution in [0.1, 0.15) is 6.92 Å². The van der Waals surface area contributed by atoms with Gasteiger partial charge in [-0.3, -0.25) is 4.79 Å². The maximum atomic E-state index is 13.4. The van der Waals surface area contributed by atoms with Crippen LogP contribution < -0.4 is 10.1 Å². The van der Waals surface area contributed by atoms with Gasteiger partial charge in [0.05, 0.1) is 0 Å². The zero-order valence-corrected chi connectivity index (χ0v) is 11.8. The molecule has 0 aliphatic rings. The summed E-state index contributed by atoms with van der Waals surface area (Å²) in [6.45, 7) is 1.47. The summed E-state index contributed by atoms with van der Waals surface area (Å²) >= 11 is 5.80. The summed E-state index contributed by atoms with van der Waals surface area (Å²) in [5, 5.41) is 2.62. The van der Waals surface area contributed by atoms with Gasteiger partial charge in [0.2, 0.25) is 0 Å². The molecule has 1 N–H and O–H groups in total. The summed E-state index contributed by atoms with van der Waals surface area (Å²) in [6.07, 6.45) is -0.942. The van der Waals surface area contributed by atoms with Crippen molar-refractivity contribution in [2.24, 2.45) is 0 Å². The number of benzene rings is 2. The van der Waals surface area contributed by atoms with Crippen molar-refractivity contribution < 1.29 is 18.3 Å². The van der Waals surface area contributed by atoms with E-state index in [0.29, 0.717) is 10.8 Å². The number of halogens is 3. The van der Waals surface area contributed by atoms with E-state index >= 15 is 0 Å². The molecule has 2 aromatic carbocycles. The van der Waals surface area contributed by atoms with Gasteiger partial charge in [0, 0.05) is 5.02 Å². The predicted molar refractivity (Wildman–Crippen MR) is 76.5 cm³/mol. The fraction of sp³-hybridized carbons (Fsp3) is 0.133. The number of amides is 1. The van der Waals surface area contributed by atoms with Crippen LogP contribution in [-0.4, -0.2) is 12.0 Å². The van der Waals surface area contributed by atoms with Crippen LogP contribution in [0.5, 0.6) is 5.75 Å². The Hall–Kier alpha value is -2.14. The summed E-state index contributed by atoms with van der Waals surface area (Å²) in [4.78, 5) is 11.9. The SMILES string of the molecule is C[C@@H](Oc1cccc(Cl)c1)C(=O)Nc1c(F)cccc1F. The lowest BCUT2D eigenvalue weighted by molar-refractivity contribution is -0.122. The van der Waals surface area contributed by atoms with Crippen LogP contribution in [0, 0.1) is 11.6 Å². The second kappa shape index (κ2) is 6.54. The Balaban J connectivity index is 2.06. The van der Waals surface area contributed by atoms with E-state index in [9.17, 15) is 13.6 Å². The normalized spacial score (nSPS) is 11.8. The summed E-state index contributed by atoms with van der Waals surface area (Å²) in [6, 6.07) is 9.82. The van der Waals surface area contributed by atoms with Gasteiger partial charge in [-0.05, 0) is 37.3 Å². The minimum atomic E-state index is -0.942. The predicted octanol–water partition coefficient (Wildman–Crippen LogP) is 4.02. The van der Waals surface area contributed by atoms with Crippen LogP contribution in [-0.2, 0) is 4.79 Å². The van der Waals surface area contributed by atoms with Gasteiger partial charge in [0.25, 0.3) is 5.91 Å². The number of rotatable bonds is 4.